The van der Waals surface area contributed by atoms with Gasteiger partial charge in [0.2, 0.25) is 11.7 Å². The Balaban J connectivity index is 1.46. The van der Waals surface area contributed by atoms with Crippen molar-refractivity contribution in [3.63, 3.8) is 0 Å². The second-order valence-corrected chi connectivity index (χ2v) is 6.76. The number of aryl methyl sites for hydroxylation is 1. The van der Waals surface area contributed by atoms with Crippen molar-refractivity contribution in [3.05, 3.63) is 66.0 Å². The molecule has 0 bridgehead atoms. The molecule has 0 unspecified atom stereocenters. The Hall–Kier alpha value is -3.55. The van der Waals surface area contributed by atoms with Crippen molar-refractivity contribution >= 4 is 28.3 Å². The summed E-state index contributed by atoms with van der Waals surface area (Å²) in [5, 5.41) is 3.99. The van der Waals surface area contributed by atoms with Crippen LogP contribution < -0.4 is 10.2 Å². The fraction of sp³-hybridized carbons (Fsp3) is 0.200. The fourth-order valence-electron chi connectivity index (χ4n) is 3.55. The predicted octanol–water partition coefficient (Wildman–Crippen LogP) is 3.77. The summed E-state index contributed by atoms with van der Waals surface area (Å²) in [7, 11) is 0. The third-order valence-electron chi connectivity index (χ3n) is 4.91. The number of furan rings is 1. The summed E-state index contributed by atoms with van der Waals surface area (Å²) in [5.74, 6) is 0.319. The molecular formula is C20H17FN6O. The highest BCUT2D eigenvalue weighted by atomic mass is 19.1. The number of nitrogens with zero attached hydrogens (tertiary/aromatic N) is 5. The summed E-state index contributed by atoms with van der Waals surface area (Å²) in [4.78, 5) is 19.1. The van der Waals surface area contributed by atoms with Gasteiger partial charge < -0.3 is 14.6 Å². The molecule has 0 radical (unpaired) electrons. The van der Waals surface area contributed by atoms with Crippen molar-refractivity contribution in [2.24, 2.45) is 0 Å². The first-order valence-corrected chi connectivity index (χ1v) is 8.98. The molecule has 0 amide bonds. The minimum absolute atomic E-state index is 0.323. The lowest BCUT2D eigenvalue weighted by atomic mass is 10.0. The van der Waals surface area contributed by atoms with Gasteiger partial charge in [-0.3, -0.25) is 4.98 Å². The third-order valence-corrected chi connectivity index (χ3v) is 4.91. The summed E-state index contributed by atoms with van der Waals surface area (Å²) in [6.07, 6.45) is 7.18. The summed E-state index contributed by atoms with van der Waals surface area (Å²) in [6.45, 7) is 3.45. The summed E-state index contributed by atoms with van der Waals surface area (Å²) in [6, 6.07) is 5.33. The minimum Gasteiger partial charge on any atom is -0.446 e. The zero-order valence-electron chi connectivity index (χ0n) is 15.2. The normalized spacial score (nSPS) is 13.6. The fourth-order valence-corrected chi connectivity index (χ4v) is 3.55. The molecule has 140 valence electrons. The lowest BCUT2D eigenvalue weighted by Crippen LogP contribution is -2.31. The van der Waals surface area contributed by atoms with Crippen LogP contribution in [-0.4, -0.2) is 26.5 Å². The van der Waals surface area contributed by atoms with E-state index >= 15 is 0 Å². The van der Waals surface area contributed by atoms with Crippen molar-refractivity contribution in [2.45, 2.75) is 19.9 Å². The Morgan fingerprint density at radius 2 is 2.14 bits per heavy atom. The Kier molecular flexibility index (Phi) is 3.89. The molecule has 0 saturated carbocycles. The molecule has 0 atom stereocenters. The Morgan fingerprint density at radius 1 is 1.21 bits per heavy atom. The zero-order valence-corrected chi connectivity index (χ0v) is 15.2. The number of fused-ring (bicyclic) bond motifs is 2. The van der Waals surface area contributed by atoms with Crippen LogP contribution in [0.5, 0.6) is 0 Å². The molecule has 0 fully saturated rings. The number of nitrogens with one attached hydrogen (secondary N) is 1. The Morgan fingerprint density at radius 3 is 3.04 bits per heavy atom. The van der Waals surface area contributed by atoms with Crippen molar-refractivity contribution in [2.75, 3.05) is 16.8 Å². The second-order valence-electron chi connectivity index (χ2n) is 6.76. The topological polar surface area (TPSA) is 80.0 Å². The van der Waals surface area contributed by atoms with Crippen LogP contribution in [0.4, 0.5) is 21.6 Å². The highest BCUT2D eigenvalue weighted by Crippen LogP contribution is 2.31. The molecule has 1 N–H and O–H groups in total. The van der Waals surface area contributed by atoms with Crippen LogP contribution in [0.25, 0.3) is 11.1 Å². The van der Waals surface area contributed by atoms with Gasteiger partial charge in [0.25, 0.3) is 0 Å². The highest BCUT2D eigenvalue weighted by molar-refractivity contribution is 5.89. The second kappa shape index (κ2) is 6.56. The van der Waals surface area contributed by atoms with Crippen LogP contribution in [0, 0.1) is 12.9 Å². The zero-order chi connectivity index (χ0) is 19.1. The van der Waals surface area contributed by atoms with Gasteiger partial charge in [-0.15, -0.1) is 0 Å². The van der Waals surface area contributed by atoms with E-state index in [4.69, 9.17) is 4.42 Å². The van der Waals surface area contributed by atoms with E-state index < -0.39 is 5.95 Å². The van der Waals surface area contributed by atoms with Gasteiger partial charge in [0.05, 0.1) is 29.2 Å². The number of halogens is 1. The van der Waals surface area contributed by atoms with E-state index in [1.165, 1.54) is 12.5 Å². The average molecular weight is 376 g/mol. The van der Waals surface area contributed by atoms with Crippen LogP contribution in [0.3, 0.4) is 0 Å². The van der Waals surface area contributed by atoms with Crippen molar-refractivity contribution in [3.8, 4) is 0 Å². The average Bonchev–Trinajstić information content (AvgIpc) is 3.10. The summed E-state index contributed by atoms with van der Waals surface area (Å²) >= 11 is 0. The Bertz CT molecular complexity index is 1170. The smallest absolute Gasteiger partial charge is 0.236 e. The molecule has 28 heavy (non-hydrogen) atoms. The first kappa shape index (κ1) is 16.6. The monoisotopic (exact) mass is 376 g/mol. The SMILES string of the molecule is Cc1coc2ncnc(N3CCc4ncc(Nc5cccnc5F)cc4C3)c12. The molecule has 8 heteroatoms. The number of pyridine rings is 2. The first-order chi connectivity index (χ1) is 13.7. The molecule has 0 saturated heterocycles. The van der Waals surface area contributed by atoms with Crippen molar-refractivity contribution in [1.29, 1.82) is 0 Å². The molecule has 5 rings (SSSR count). The first-order valence-electron chi connectivity index (χ1n) is 8.98. The number of hydrogen-bond acceptors (Lipinski definition) is 7. The van der Waals surface area contributed by atoms with E-state index in [2.05, 4.69) is 30.2 Å². The van der Waals surface area contributed by atoms with Crippen LogP contribution in [0.2, 0.25) is 0 Å². The lowest BCUT2D eigenvalue weighted by Gasteiger charge is -2.29. The van der Waals surface area contributed by atoms with Gasteiger partial charge in [-0.2, -0.15) is 4.39 Å². The predicted molar refractivity (Wildman–Crippen MR) is 103 cm³/mol. The van der Waals surface area contributed by atoms with Gasteiger partial charge in [0, 0.05) is 37.0 Å². The van der Waals surface area contributed by atoms with E-state index in [0.717, 1.165) is 46.7 Å². The number of rotatable bonds is 3. The quantitative estimate of drug-likeness (QED) is 0.545. The standard InChI is InChI=1S/C20H17FN6O/c1-12-10-28-20-17(12)19(24-11-25-20)27-6-4-15-13(9-27)7-14(8-23-15)26-16-3-2-5-22-18(16)21/h2-3,5,7-8,10-11,26H,4,6,9H2,1H3. The van der Waals surface area contributed by atoms with Gasteiger partial charge in [-0.05, 0) is 30.7 Å². The van der Waals surface area contributed by atoms with E-state index in [0.29, 0.717) is 17.9 Å². The number of anilines is 3. The molecule has 0 aromatic carbocycles. The van der Waals surface area contributed by atoms with Crippen molar-refractivity contribution in [1.82, 2.24) is 19.9 Å². The largest absolute Gasteiger partial charge is 0.446 e. The van der Waals surface area contributed by atoms with E-state index in [1.807, 2.05) is 13.0 Å². The van der Waals surface area contributed by atoms with E-state index in [9.17, 15) is 4.39 Å². The molecule has 7 nitrogen and oxygen atoms in total. The van der Waals surface area contributed by atoms with E-state index in [-0.39, 0.29) is 0 Å². The molecule has 0 spiro atoms. The molecule has 4 aromatic rings. The van der Waals surface area contributed by atoms with E-state index in [1.54, 1.807) is 24.6 Å². The van der Waals surface area contributed by atoms with Gasteiger partial charge in [-0.25, -0.2) is 15.0 Å². The maximum atomic E-state index is 13.8. The lowest BCUT2D eigenvalue weighted by molar-refractivity contribution is 0.588. The minimum atomic E-state index is -0.541. The van der Waals surface area contributed by atoms with Gasteiger partial charge >= 0.3 is 0 Å². The number of aromatic nitrogens is 4. The van der Waals surface area contributed by atoms with Crippen LogP contribution >= 0.6 is 0 Å². The maximum absolute atomic E-state index is 13.8. The van der Waals surface area contributed by atoms with Crippen LogP contribution in [0.1, 0.15) is 16.8 Å². The van der Waals surface area contributed by atoms with Gasteiger partial charge in [0.1, 0.15) is 12.1 Å². The Labute approximate surface area is 160 Å². The molecular weight excluding hydrogens is 359 g/mol. The van der Waals surface area contributed by atoms with Gasteiger partial charge in [0.15, 0.2) is 0 Å². The highest BCUT2D eigenvalue weighted by Gasteiger charge is 2.22. The molecule has 0 aliphatic carbocycles. The third kappa shape index (κ3) is 2.83. The maximum Gasteiger partial charge on any atom is 0.236 e. The molecule has 1 aliphatic rings. The number of hydrogen-bond donors (Lipinski definition) is 1. The summed E-state index contributed by atoms with van der Waals surface area (Å²) in [5.41, 5.74) is 4.77. The molecule has 1 aliphatic heterocycles. The molecule has 5 heterocycles. The van der Waals surface area contributed by atoms with Crippen LogP contribution in [0.15, 0.2) is 47.6 Å². The summed E-state index contributed by atoms with van der Waals surface area (Å²) < 4.78 is 19.3. The van der Waals surface area contributed by atoms with Crippen molar-refractivity contribution < 1.29 is 8.81 Å². The molecule has 4 aromatic heterocycles. The van der Waals surface area contributed by atoms with Crippen LogP contribution in [-0.2, 0) is 13.0 Å². The van der Waals surface area contributed by atoms with Gasteiger partial charge in [-0.1, -0.05) is 0 Å².